The smallest absolute Gasteiger partial charge is 0.273 e. The summed E-state index contributed by atoms with van der Waals surface area (Å²) >= 11 is 0. The van der Waals surface area contributed by atoms with Gasteiger partial charge < -0.3 is 0 Å². The van der Waals surface area contributed by atoms with Gasteiger partial charge in [0.1, 0.15) is 0 Å². The zero-order chi connectivity index (χ0) is 13.1. The summed E-state index contributed by atoms with van der Waals surface area (Å²) in [6, 6.07) is 0. The topological polar surface area (TPSA) is 0 Å². The van der Waals surface area contributed by atoms with Crippen LogP contribution in [0.5, 0.6) is 0 Å². The molecule has 0 bridgehead atoms. The Labute approximate surface area is 134 Å². The van der Waals surface area contributed by atoms with Crippen LogP contribution in [-0.4, -0.2) is 20.0 Å². The van der Waals surface area contributed by atoms with E-state index in [1.54, 1.807) is 0 Å². The van der Waals surface area contributed by atoms with E-state index in [0.29, 0.717) is 7.92 Å². The van der Waals surface area contributed by atoms with Crippen molar-refractivity contribution in [2.45, 2.75) is 26.7 Å². The van der Waals surface area contributed by atoms with E-state index in [4.69, 9.17) is 0 Å². The number of allylic oxidation sites excluding steroid dienone is 8. The van der Waals surface area contributed by atoms with Gasteiger partial charge in [-0.15, -0.1) is 14.3 Å². The van der Waals surface area contributed by atoms with Crippen LogP contribution in [0.15, 0.2) is 36.5 Å². The third-order valence-electron chi connectivity index (χ3n) is 1.92. The minimum absolute atomic E-state index is 0. The molecule has 0 saturated heterocycles. The van der Waals surface area contributed by atoms with Crippen LogP contribution < -0.4 is 0 Å². The first-order chi connectivity index (χ1) is 7.94. The summed E-state index contributed by atoms with van der Waals surface area (Å²) in [6.07, 6.45) is 20.6. The quantitative estimate of drug-likeness (QED) is 0.431. The van der Waals surface area contributed by atoms with Crippen molar-refractivity contribution >= 4 is 7.92 Å². The zero-order valence-electron chi connectivity index (χ0n) is 12.3. The first kappa shape index (κ1) is 20.6. The Balaban J connectivity index is 0. The molecule has 0 atom stereocenters. The minimum Gasteiger partial charge on any atom is -0.273 e. The van der Waals surface area contributed by atoms with Gasteiger partial charge in [-0.2, -0.15) is 12.2 Å². The maximum absolute atomic E-state index is 3.25. The van der Waals surface area contributed by atoms with Crippen LogP contribution in [0.4, 0.5) is 0 Å². The van der Waals surface area contributed by atoms with E-state index in [1.165, 1.54) is 0 Å². The predicted octanol–water partition coefficient (Wildman–Crippen LogP) is 4.99. The Hall–Kier alpha value is 0.273. The van der Waals surface area contributed by atoms with Crippen LogP contribution >= 0.6 is 7.92 Å². The average Bonchev–Trinajstić information content (AvgIpc) is 2.73. The molecule has 0 unspecified atom stereocenters. The summed E-state index contributed by atoms with van der Waals surface area (Å²) in [5.41, 5.74) is 0.286. The number of hydrogen-bond donors (Lipinski definition) is 0. The molecule has 0 heterocycles. The largest absolute Gasteiger partial charge is 2.00 e. The van der Waals surface area contributed by atoms with Gasteiger partial charge in [0.05, 0.1) is 0 Å². The van der Waals surface area contributed by atoms with Crippen molar-refractivity contribution in [1.29, 1.82) is 0 Å². The molecule has 0 amide bonds. The molecule has 2 heteroatoms. The first-order valence-electron chi connectivity index (χ1n) is 6.03. The van der Waals surface area contributed by atoms with E-state index in [2.05, 4.69) is 58.1 Å². The molecule has 0 saturated carbocycles. The van der Waals surface area contributed by atoms with Crippen LogP contribution in [0.2, 0.25) is 0 Å². The van der Waals surface area contributed by atoms with Crippen molar-refractivity contribution in [3.63, 3.8) is 0 Å². The fraction of sp³-hybridized carbons (Fsp3) is 0.500. The van der Waals surface area contributed by atoms with Crippen molar-refractivity contribution in [3.05, 3.63) is 48.6 Å². The van der Waals surface area contributed by atoms with Crippen molar-refractivity contribution < 1.29 is 26.2 Å². The fourth-order valence-corrected chi connectivity index (χ4v) is 1.10. The Kier molecular flexibility index (Phi) is 14.1. The molecule has 0 fully saturated rings. The fourth-order valence-electron chi connectivity index (χ4n) is 1.10. The van der Waals surface area contributed by atoms with Gasteiger partial charge in [0, 0.05) is 0 Å². The molecular formula is C16H25PZr. The Bertz CT molecular complexity index is 283. The summed E-state index contributed by atoms with van der Waals surface area (Å²) in [5, 5.41) is 0. The van der Waals surface area contributed by atoms with Gasteiger partial charge >= 0.3 is 26.2 Å². The molecule has 0 radical (unpaired) electrons. The molecule has 2 rings (SSSR count). The summed E-state index contributed by atoms with van der Waals surface area (Å²) < 4.78 is 0. The van der Waals surface area contributed by atoms with Gasteiger partial charge in [-0.1, -0.05) is 25.7 Å². The summed E-state index contributed by atoms with van der Waals surface area (Å²) in [4.78, 5) is 0. The van der Waals surface area contributed by atoms with E-state index in [9.17, 15) is 0 Å². The molecule has 2 aliphatic carbocycles. The standard InChI is InChI=1S/C8H11.C5H5.C3H9P.Zr/c1-8(2)6-4-3-5-7-8;1-2-4-5-3-1;1-4(2)3;/h3-5H,6H2,1-2H3;1-3H,4H2;1-3H3;/q2*-1;;+2. The monoisotopic (exact) mass is 338 g/mol. The summed E-state index contributed by atoms with van der Waals surface area (Å²) in [5.74, 6) is 0. The Morgan fingerprint density at radius 1 is 1.00 bits per heavy atom. The van der Waals surface area contributed by atoms with Crippen molar-refractivity contribution in [1.82, 2.24) is 0 Å². The molecule has 0 aromatic heterocycles. The third kappa shape index (κ3) is 16.3. The van der Waals surface area contributed by atoms with Crippen molar-refractivity contribution in [2.75, 3.05) is 20.0 Å². The van der Waals surface area contributed by atoms with Crippen LogP contribution in [0.25, 0.3) is 0 Å². The summed E-state index contributed by atoms with van der Waals surface area (Å²) in [6.45, 7) is 11.1. The SMILES string of the molecule is CC1(C)[C-]=CC=CC1.CP(C)C.[C-]1=CC=CC1.[Zr+2]. The molecule has 0 aromatic carbocycles. The van der Waals surface area contributed by atoms with E-state index < -0.39 is 0 Å². The van der Waals surface area contributed by atoms with Crippen LogP contribution in [0.1, 0.15) is 26.7 Å². The molecule has 0 aromatic rings. The van der Waals surface area contributed by atoms with Crippen molar-refractivity contribution in [2.24, 2.45) is 5.41 Å². The predicted molar refractivity (Wildman–Crippen MR) is 81.6 cm³/mol. The molecule has 0 aliphatic heterocycles. The molecule has 98 valence electrons. The Morgan fingerprint density at radius 2 is 1.56 bits per heavy atom. The van der Waals surface area contributed by atoms with E-state index in [1.807, 2.05) is 24.3 Å². The zero-order valence-corrected chi connectivity index (χ0v) is 15.7. The second kappa shape index (κ2) is 12.3. The maximum atomic E-state index is 3.25. The van der Waals surface area contributed by atoms with Crippen molar-refractivity contribution in [3.8, 4) is 0 Å². The number of rotatable bonds is 0. The summed E-state index contributed by atoms with van der Waals surface area (Å²) in [7, 11) is 0.380. The molecule has 0 spiro atoms. The van der Waals surface area contributed by atoms with Gasteiger partial charge in [0.25, 0.3) is 0 Å². The Morgan fingerprint density at radius 3 is 1.72 bits per heavy atom. The van der Waals surface area contributed by atoms with Gasteiger partial charge in [0.15, 0.2) is 0 Å². The average molecular weight is 340 g/mol. The van der Waals surface area contributed by atoms with E-state index in [0.717, 1.165) is 12.8 Å². The number of hydrogen-bond acceptors (Lipinski definition) is 0. The van der Waals surface area contributed by atoms with Crippen LogP contribution in [-0.2, 0) is 26.2 Å². The molecule has 0 N–H and O–H groups in total. The van der Waals surface area contributed by atoms with Gasteiger partial charge in [-0.3, -0.25) is 12.2 Å². The second-order valence-corrected chi connectivity index (χ2v) is 7.86. The molecular weight excluding hydrogens is 314 g/mol. The van der Waals surface area contributed by atoms with Crippen LogP contribution in [0, 0.1) is 17.6 Å². The van der Waals surface area contributed by atoms with E-state index >= 15 is 0 Å². The van der Waals surface area contributed by atoms with Crippen LogP contribution in [0.3, 0.4) is 0 Å². The first-order valence-corrected chi connectivity index (χ1v) is 8.71. The van der Waals surface area contributed by atoms with Gasteiger partial charge in [0.2, 0.25) is 0 Å². The molecule has 18 heavy (non-hydrogen) atoms. The maximum Gasteiger partial charge on any atom is 2.00 e. The normalized spacial score (nSPS) is 17.4. The molecule has 2 aliphatic rings. The van der Waals surface area contributed by atoms with E-state index in [-0.39, 0.29) is 31.6 Å². The van der Waals surface area contributed by atoms with Gasteiger partial charge in [-0.05, 0) is 20.0 Å². The van der Waals surface area contributed by atoms with Gasteiger partial charge in [-0.25, -0.2) is 24.3 Å². The third-order valence-corrected chi connectivity index (χ3v) is 1.92. The second-order valence-electron chi connectivity index (χ2n) is 5.17. The molecule has 0 nitrogen and oxygen atoms in total. The minimum atomic E-state index is 0.